The molecule has 1 atom stereocenters. The number of carbonyl (C=O) groups is 1. The summed E-state index contributed by atoms with van der Waals surface area (Å²) in [7, 11) is 0. The Kier molecular flexibility index (Phi) is 4.36. The van der Waals surface area contributed by atoms with Gasteiger partial charge in [-0.15, -0.1) is 0 Å². The van der Waals surface area contributed by atoms with Crippen molar-refractivity contribution in [2.24, 2.45) is 0 Å². The van der Waals surface area contributed by atoms with Crippen molar-refractivity contribution in [3.63, 3.8) is 0 Å². The molecule has 5 nitrogen and oxygen atoms in total. The van der Waals surface area contributed by atoms with E-state index in [1.807, 2.05) is 36.4 Å². The molecule has 128 valence electrons. The predicted octanol–water partition coefficient (Wildman–Crippen LogP) is 3.28. The minimum atomic E-state index is -0.149. The Morgan fingerprint density at radius 3 is 2.96 bits per heavy atom. The molecule has 0 unspecified atom stereocenters. The van der Waals surface area contributed by atoms with E-state index in [0.717, 1.165) is 40.4 Å². The van der Waals surface area contributed by atoms with Gasteiger partial charge >= 0.3 is 0 Å². The summed E-state index contributed by atoms with van der Waals surface area (Å²) in [4.78, 5) is 23.8. The largest absolute Gasteiger partial charge is 0.350 e. The number of anilines is 1. The van der Waals surface area contributed by atoms with Crippen molar-refractivity contribution in [1.29, 1.82) is 0 Å². The van der Waals surface area contributed by atoms with Crippen LogP contribution in [0.5, 0.6) is 0 Å². The van der Waals surface area contributed by atoms with Gasteiger partial charge in [0.1, 0.15) is 6.04 Å². The lowest BCUT2D eigenvalue weighted by molar-refractivity contribution is -0.122. The molecule has 6 heteroatoms. The van der Waals surface area contributed by atoms with E-state index in [1.165, 1.54) is 5.56 Å². The number of pyridine rings is 1. The van der Waals surface area contributed by atoms with Gasteiger partial charge in [0.05, 0.1) is 4.70 Å². The van der Waals surface area contributed by atoms with Crippen LogP contribution in [0, 0.1) is 6.92 Å². The van der Waals surface area contributed by atoms with Crippen molar-refractivity contribution >= 4 is 32.7 Å². The van der Waals surface area contributed by atoms with Gasteiger partial charge in [-0.25, -0.2) is 4.98 Å². The second-order valence-corrected chi connectivity index (χ2v) is 7.31. The number of aromatic nitrogens is 2. The minimum absolute atomic E-state index is 0.0743. The zero-order valence-electron chi connectivity index (χ0n) is 14.1. The van der Waals surface area contributed by atoms with Crippen molar-refractivity contribution in [1.82, 2.24) is 15.3 Å². The van der Waals surface area contributed by atoms with E-state index in [-0.39, 0.29) is 11.9 Å². The van der Waals surface area contributed by atoms with E-state index in [4.69, 9.17) is 0 Å². The number of amides is 1. The molecule has 0 spiro atoms. The summed E-state index contributed by atoms with van der Waals surface area (Å²) < 4.78 is 1.10. The van der Waals surface area contributed by atoms with E-state index in [2.05, 4.69) is 27.1 Å². The molecule has 3 heterocycles. The summed E-state index contributed by atoms with van der Waals surface area (Å²) in [6.07, 6.45) is 3.66. The lowest BCUT2D eigenvalue weighted by Crippen LogP contribution is -2.43. The topological polar surface area (TPSA) is 58.1 Å². The lowest BCUT2D eigenvalue weighted by Gasteiger charge is -2.23. The standard InChI is InChI=1S/C19H20N4OS/c1-13-9-10-20-17-16(13)25-19(22-17)23-11-5-8-15(23)18(24)21-12-14-6-3-2-4-7-14/h2-4,6-7,9-10,15H,5,8,11-12H2,1H3,(H,21,24)/t15-/m1/s1. The van der Waals surface area contributed by atoms with Gasteiger partial charge in [-0.2, -0.15) is 4.98 Å². The molecule has 0 aliphatic carbocycles. The van der Waals surface area contributed by atoms with Crippen LogP contribution in [0.15, 0.2) is 42.6 Å². The Hall–Kier alpha value is -2.47. The molecule has 0 bridgehead atoms. The highest BCUT2D eigenvalue weighted by molar-refractivity contribution is 7.22. The van der Waals surface area contributed by atoms with Crippen molar-refractivity contribution in [3.05, 3.63) is 53.7 Å². The van der Waals surface area contributed by atoms with E-state index in [9.17, 15) is 4.79 Å². The van der Waals surface area contributed by atoms with Crippen molar-refractivity contribution in [3.8, 4) is 0 Å². The van der Waals surface area contributed by atoms with Crippen LogP contribution in [-0.2, 0) is 11.3 Å². The van der Waals surface area contributed by atoms with Crippen LogP contribution in [0.1, 0.15) is 24.0 Å². The third-order valence-electron chi connectivity index (χ3n) is 4.59. The third kappa shape index (κ3) is 3.22. The summed E-state index contributed by atoms with van der Waals surface area (Å²) >= 11 is 1.63. The average Bonchev–Trinajstić information content (AvgIpc) is 3.28. The van der Waals surface area contributed by atoms with E-state index in [0.29, 0.717) is 6.54 Å². The number of carbonyl (C=O) groups excluding carboxylic acids is 1. The normalized spacial score (nSPS) is 17.2. The summed E-state index contributed by atoms with van der Waals surface area (Å²) in [6, 6.07) is 11.8. The van der Waals surface area contributed by atoms with Crippen molar-refractivity contribution in [2.45, 2.75) is 32.4 Å². The highest BCUT2D eigenvalue weighted by atomic mass is 32.1. The Morgan fingerprint density at radius 2 is 2.16 bits per heavy atom. The quantitative estimate of drug-likeness (QED) is 0.783. The Balaban J connectivity index is 1.51. The highest BCUT2D eigenvalue weighted by Gasteiger charge is 2.32. The van der Waals surface area contributed by atoms with Gasteiger partial charge in [0.2, 0.25) is 5.91 Å². The van der Waals surface area contributed by atoms with Crippen LogP contribution in [0.3, 0.4) is 0 Å². The van der Waals surface area contributed by atoms with E-state index in [1.54, 1.807) is 17.5 Å². The molecule has 1 aliphatic rings. The Bertz CT molecular complexity index is 893. The molecule has 0 radical (unpaired) electrons. The Morgan fingerprint density at radius 1 is 1.32 bits per heavy atom. The molecule has 1 aliphatic heterocycles. The second kappa shape index (κ2) is 6.80. The molecule has 1 saturated heterocycles. The van der Waals surface area contributed by atoms with E-state index < -0.39 is 0 Å². The fraction of sp³-hybridized carbons (Fsp3) is 0.316. The maximum atomic E-state index is 12.7. The average molecular weight is 352 g/mol. The number of hydrogen-bond acceptors (Lipinski definition) is 5. The van der Waals surface area contributed by atoms with Crippen molar-refractivity contribution < 1.29 is 4.79 Å². The van der Waals surface area contributed by atoms with Gasteiger partial charge in [-0.05, 0) is 37.0 Å². The summed E-state index contributed by atoms with van der Waals surface area (Å²) in [5, 5.41) is 3.96. The molecule has 3 aromatic rings. The lowest BCUT2D eigenvalue weighted by atomic mass is 10.2. The van der Waals surface area contributed by atoms with Crippen molar-refractivity contribution in [2.75, 3.05) is 11.4 Å². The summed E-state index contributed by atoms with van der Waals surface area (Å²) in [5.41, 5.74) is 3.06. The zero-order valence-corrected chi connectivity index (χ0v) is 14.9. The SMILES string of the molecule is Cc1ccnc2nc(N3CCC[C@@H]3C(=O)NCc3ccccc3)sc12. The minimum Gasteiger partial charge on any atom is -0.350 e. The number of nitrogens with zero attached hydrogens (tertiary/aromatic N) is 3. The maximum Gasteiger partial charge on any atom is 0.243 e. The van der Waals surface area contributed by atoms with Gasteiger partial charge < -0.3 is 10.2 Å². The monoisotopic (exact) mass is 352 g/mol. The maximum absolute atomic E-state index is 12.7. The number of benzene rings is 1. The number of aryl methyl sites for hydroxylation is 1. The van der Waals surface area contributed by atoms with Gasteiger partial charge in [0.15, 0.2) is 10.8 Å². The molecule has 25 heavy (non-hydrogen) atoms. The molecule has 2 aromatic heterocycles. The molecule has 0 saturated carbocycles. The molecule has 1 N–H and O–H groups in total. The van der Waals surface area contributed by atoms with Gasteiger partial charge in [-0.3, -0.25) is 4.79 Å². The molecule has 1 fully saturated rings. The van der Waals surface area contributed by atoms with E-state index >= 15 is 0 Å². The van der Waals surface area contributed by atoms with Crippen LogP contribution in [0.2, 0.25) is 0 Å². The Labute approximate surface area is 150 Å². The zero-order chi connectivity index (χ0) is 17.2. The number of thiazole rings is 1. The van der Waals surface area contributed by atoms with Gasteiger partial charge in [0.25, 0.3) is 0 Å². The van der Waals surface area contributed by atoms with Gasteiger partial charge in [-0.1, -0.05) is 41.7 Å². The first-order chi connectivity index (χ1) is 12.2. The molecular formula is C19H20N4OS. The first-order valence-corrected chi connectivity index (χ1v) is 9.34. The van der Waals surface area contributed by atoms with Crippen LogP contribution in [-0.4, -0.2) is 28.5 Å². The first kappa shape index (κ1) is 16.0. The van der Waals surface area contributed by atoms with Crippen LogP contribution in [0.25, 0.3) is 10.3 Å². The van der Waals surface area contributed by atoms with Crippen LogP contribution in [0.4, 0.5) is 5.13 Å². The highest BCUT2D eigenvalue weighted by Crippen LogP contribution is 2.34. The van der Waals surface area contributed by atoms with Crippen LogP contribution < -0.4 is 10.2 Å². The smallest absolute Gasteiger partial charge is 0.243 e. The number of hydrogen-bond donors (Lipinski definition) is 1. The second-order valence-electron chi connectivity index (χ2n) is 6.33. The fourth-order valence-electron chi connectivity index (χ4n) is 3.23. The number of fused-ring (bicyclic) bond motifs is 1. The number of rotatable bonds is 4. The molecule has 1 aromatic carbocycles. The fourth-order valence-corrected chi connectivity index (χ4v) is 4.30. The first-order valence-electron chi connectivity index (χ1n) is 8.53. The summed E-state index contributed by atoms with van der Waals surface area (Å²) in [5.74, 6) is 0.0743. The predicted molar refractivity (Wildman–Crippen MR) is 101 cm³/mol. The molecule has 1 amide bonds. The summed E-state index contributed by atoms with van der Waals surface area (Å²) in [6.45, 7) is 3.49. The molecule has 4 rings (SSSR count). The third-order valence-corrected chi connectivity index (χ3v) is 5.81. The van der Waals surface area contributed by atoms with Crippen LogP contribution >= 0.6 is 11.3 Å². The van der Waals surface area contributed by atoms with Gasteiger partial charge in [0, 0.05) is 19.3 Å². The molecular weight excluding hydrogens is 332 g/mol. The number of nitrogens with one attached hydrogen (secondary N) is 1.